The average Bonchev–Trinajstić information content (AvgIpc) is 2.64. The maximum absolute atomic E-state index is 12.7. The number of nitrogens with zero attached hydrogens (tertiary/aromatic N) is 2. The van der Waals surface area contributed by atoms with E-state index in [4.69, 9.17) is 0 Å². The Kier molecular flexibility index (Phi) is 5.56. The maximum atomic E-state index is 12.7. The van der Waals surface area contributed by atoms with E-state index in [2.05, 4.69) is 30.9 Å². The summed E-state index contributed by atoms with van der Waals surface area (Å²) in [4.78, 5) is 16.8. The van der Waals surface area contributed by atoms with Crippen molar-refractivity contribution in [2.24, 2.45) is 0 Å². The first-order valence-electron chi connectivity index (χ1n) is 9.02. The summed E-state index contributed by atoms with van der Waals surface area (Å²) >= 11 is 0. The van der Waals surface area contributed by atoms with Gasteiger partial charge in [0.15, 0.2) is 0 Å². The van der Waals surface area contributed by atoms with E-state index < -0.39 is 11.7 Å². The van der Waals surface area contributed by atoms with Gasteiger partial charge in [0.2, 0.25) is 0 Å². The minimum absolute atomic E-state index is 0.160. The van der Waals surface area contributed by atoms with Crippen LogP contribution in [0.3, 0.4) is 0 Å². The van der Waals surface area contributed by atoms with Gasteiger partial charge in [0.25, 0.3) is 5.91 Å². The van der Waals surface area contributed by atoms with Crippen molar-refractivity contribution in [2.75, 3.05) is 13.1 Å². The van der Waals surface area contributed by atoms with Gasteiger partial charge in [-0.05, 0) is 43.7 Å². The van der Waals surface area contributed by atoms with Gasteiger partial charge in [0.05, 0.1) is 5.56 Å². The minimum Gasteiger partial charge on any atom is -0.336 e. The summed E-state index contributed by atoms with van der Waals surface area (Å²) in [6, 6.07) is 14.9. The Labute approximate surface area is 157 Å². The third kappa shape index (κ3) is 4.50. The molecule has 2 aromatic rings. The Morgan fingerprint density at radius 2 is 1.52 bits per heavy atom. The molecule has 2 unspecified atom stereocenters. The Morgan fingerprint density at radius 1 is 0.963 bits per heavy atom. The van der Waals surface area contributed by atoms with Crippen molar-refractivity contribution in [3.63, 3.8) is 0 Å². The van der Waals surface area contributed by atoms with Gasteiger partial charge >= 0.3 is 6.18 Å². The second-order valence-electron chi connectivity index (χ2n) is 7.14. The Hall–Kier alpha value is -2.34. The van der Waals surface area contributed by atoms with Crippen molar-refractivity contribution in [1.29, 1.82) is 0 Å². The summed E-state index contributed by atoms with van der Waals surface area (Å²) in [6.45, 7) is 6.07. The number of amides is 1. The molecule has 3 nitrogen and oxygen atoms in total. The molecule has 1 amide bonds. The number of benzene rings is 2. The molecule has 1 aliphatic rings. The molecule has 3 rings (SSSR count). The lowest BCUT2D eigenvalue weighted by Crippen LogP contribution is -2.57. The number of hydrogen-bond donors (Lipinski definition) is 0. The van der Waals surface area contributed by atoms with Crippen LogP contribution in [0.15, 0.2) is 54.6 Å². The summed E-state index contributed by atoms with van der Waals surface area (Å²) in [5, 5.41) is 0. The van der Waals surface area contributed by atoms with Gasteiger partial charge in [-0.15, -0.1) is 0 Å². The lowest BCUT2D eigenvalue weighted by molar-refractivity contribution is -0.137. The van der Waals surface area contributed by atoms with E-state index in [1.165, 1.54) is 17.7 Å². The van der Waals surface area contributed by atoms with Crippen LogP contribution < -0.4 is 0 Å². The molecule has 144 valence electrons. The highest BCUT2D eigenvalue weighted by Crippen LogP contribution is 2.29. The van der Waals surface area contributed by atoms with E-state index in [0.717, 1.165) is 18.7 Å². The van der Waals surface area contributed by atoms with Crippen LogP contribution in [0.5, 0.6) is 0 Å². The van der Waals surface area contributed by atoms with Crippen molar-refractivity contribution in [3.8, 4) is 0 Å². The number of piperazine rings is 1. The first kappa shape index (κ1) is 19.4. The van der Waals surface area contributed by atoms with Crippen molar-refractivity contribution in [2.45, 2.75) is 38.7 Å². The second-order valence-corrected chi connectivity index (χ2v) is 7.14. The van der Waals surface area contributed by atoms with E-state index >= 15 is 0 Å². The van der Waals surface area contributed by atoms with Gasteiger partial charge in [-0.1, -0.05) is 30.3 Å². The smallest absolute Gasteiger partial charge is 0.336 e. The van der Waals surface area contributed by atoms with Gasteiger partial charge in [-0.3, -0.25) is 9.69 Å². The van der Waals surface area contributed by atoms with Gasteiger partial charge < -0.3 is 4.90 Å². The van der Waals surface area contributed by atoms with Crippen LogP contribution in [0, 0.1) is 0 Å². The molecule has 0 aromatic heterocycles. The van der Waals surface area contributed by atoms with E-state index in [0.29, 0.717) is 18.7 Å². The topological polar surface area (TPSA) is 23.6 Å². The molecular formula is C21H23F3N2O. The molecule has 1 fully saturated rings. The number of halogens is 3. The normalized spacial score (nSPS) is 21.3. The van der Waals surface area contributed by atoms with Gasteiger partial charge in [0.1, 0.15) is 0 Å². The molecule has 0 saturated carbocycles. The van der Waals surface area contributed by atoms with Gasteiger partial charge in [0, 0.05) is 37.3 Å². The van der Waals surface area contributed by atoms with E-state index in [1.54, 1.807) is 4.90 Å². The third-order valence-electron chi connectivity index (χ3n) is 5.06. The van der Waals surface area contributed by atoms with Crippen molar-refractivity contribution < 1.29 is 18.0 Å². The standard InChI is InChI=1S/C21H23F3N2O/c1-15-12-25(13-16(2)26(15)14-17-6-4-3-5-7-17)20(27)18-8-10-19(11-9-18)21(22,23)24/h3-11,15-16H,12-14H2,1-2H3. The van der Waals surface area contributed by atoms with E-state index in [-0.39, 0.29) is 18.0 Å². The quantitative estimate of drug-likeness (QED) is 0.791. The highest BCUT2D eigenvalue weighted by atomic mass is 19.4. The molecule has 0 radical (unpaired) electrons. The lowest BCUT2D eigenvalue weighted by Gasteiger charge is -2.44. The summed E-state index contributed by atoms with van der Waals surface area (Å²) in [5.74, 6) is -0.221. The van der Waals surface area contributed by atoms with Crippen LogP contribution in [-0.2, 0) is 12.7 Å². The molecule has 0 N–H and O–H groups in total. The first-order chi connectivity index (χ1) is 12.8. The average molecular weight is 376 g/mol. The predicted molar refractivity (Wildman–Crippen MR) is 98.3 cm³/mol. The Balaban J connectivity index is 1.68. The number of rotatable bonds is 3. The number of carbonyl (C=O) groups excluding carboxylic acids is 1. The van der Waals surface area contributed by atoms with Gasteiger partial charge in [-0.2, -0.15) is 13.2 Å². The monoisotopic (exact) mass is 376 g/mol. The predicted octanol–water partition coefficient (Wildman–Crippen LogP) is 4.44. The third-order valence-corrected chi connectivity index (χ3v) is 5.06. The molecule has 2 aromatic carbocycles. The molecule has 6 heteroatoms. The van der Waals surface area contributed by atoms with Crippen molar-refractivity contribution in [1.82, 2.24) is 9.80 Å². The summed E-state index contributed by atoms with van der Waals surface area (Å²) < 4.78 is 38.1. The van der Waals surface area contributed by atoms with Crippen LogP contribution in [0.1, 0.15) is 35.3 Å². The zero-order valence-electron chi connectivity index (χ0n) is 15.4. The fourth-order valence-electron chi connectivity index (χ4n) is 3.61. The second kappa shape index (κ2) is 7.72. The molecule has 0 spiro atoms. The van der Waals surface area contributed by atoms with Crippen LogP contribution in [0.25, 0.3) is 0 Å². The summed E-state index contributed by atoms with van der Waals surface area (Å²) in [7, 11) is 0. The van der Waals surface area contributed by atoms with E-state index in [9.17, 15) is 18.0 Å². The lowest BCUT2D eigenvalue weighted by atomic mass is 10.0. The number of alkyl halides is 3. The summed E-state index contributed by atoms with van der Waals surface area (Å²) in [6.07, 6.45) is -4.40. The van der Waals surface area contributed by atoms with Crippen LogP contribution >= 0.6 is 0 Å². The summed E-state index contributed by atoms with van der Waals surface area (Å²) in [5.41, 5.74) is 0.770. The maximum Gasteiger partial charge on any atom is 0.416 e. The molecular weight excluding hydrogens is 353 g/mol. The van der Waals surface area contributed by atoms with Crippen LogP contribution in [0.2, 0.25) is 0 Å². The number of carbonyl (C=O) groups is 1. The van der Waals surface area contributed by atoms with Crippen LogP contribution in [-0.4, -0.2) is 40.9 Å². The number of hydrogen-bond acceptors (Lipinski definition) is 2. The largest absolute Gasteiger partial charge is 0.416 e. The van der Waals surface area contributed by atoms with Gasteiger partial charge in [-0.25, -0.2) is 0 Å². The molecule has 1 saturated heterocycles. The zero-order chi connectivity index (χ0) is 19.6. The highest BCUT2D eigenvalue weighted by molar-refractivity contribution is 5.94. The fourth-order valence-corrected chi connectivity index (χ4v) is 3.61. The molecule has 0 bridgehead atoms. The Morgan fingerprint density at radius 3 is 2.04 bits per heavy atom. The zero-order valence-corrected chi connectivity index (χ0v) is 15.4. The first-order valence-corrected chi connectivity index (χ1v) is 9.02. The van der Waals surface area contributed by atoms with Crippen molar-refractivity contribution >= 4 is 5.91 Å². The fraction of sp³-hybridized carbons (Fsp3) is 0.381. The molecule has 1 aliphatic heterocycles. The van der Waals surface area contributed by atoms with Crippen molar-refractivity contribution in [3.05, 3.63) is 71.3 Å². The minimum atomic E-state index is -4.40. The Bertz CT molecular complexity index is 762. The molecule has 1 heterocycles. The molecule has 0 aliphatic carbocycles. The highest BCUT2D eigenvalue weighted by Gasteiger charge is 2.33. The molecule has 27 heavy (non-hydrogen) atoms. The SMILES string of the molecule is CC1CN(C(=O)c2ccc(C(F)(F)F)cc2)CC(C)N1Cc1ccccc1. The molecule has 2 atom stereocenters. The van der Waals surface area contributed by atoms with E-state index in [1.807, 2.05) is 18.2 Å². The van der Waals surface area contributed by atoms with Crippen LogP contribution in [0.4, 0.5) is 13.2 Å².